The van der Waals surface area contributed by atoms with E-state index in [4.69, 9.17) is 5.73 Å². The molecule has 0 radical (unpaired) electrons. The lowest BCUT2D eigenvalue weighted by atomic mass is 10.1. The number of carbonyl (C=O) groups is 1. The van der Waals surface area contributed by atoms with Gasteiger partial charge in [0.25, 0.3) is 0 Å². The molecular formula is C15H14BrFN2O. The topological polar surface area (TPSA) is 55.1 Å². The number of nitrogens with two attached hydrogens (primary N) is 1. The van der Waals surface area contributed by atoms with Gasteiger partial charge in [0.15, 0.2) is 0 Å². The van der Waals surface area contributed by atoms with Crippen molar-refractivity contribution in [2.24, 2.45) is 5.73 Å². The van der Waals surface area contributed by atoms with Gasteiger partial charge in [0, 0.05) is 16.7 Å². The Labute approximate surface area is 125 Å². The Bertz CT molecular complexity index is 631. The maximum atomic E-state index is 13.2. The van der Waals surface area contributed by atoms with Gasteiger partial charge >= 0.3 is 0 Å². The lowest BCUT2D eigenvalue weighted by Crippen LogP contribution is -2.15. The second-order valence-corrected chi connectivity index (χ2v) is 5.24. The second kappa shape index (κ2) is 6.52. The van der Waals surface area contributed by atoms with Crippen molar-refractivity contribution in [2.75, 3.05) is 5.32 Å². The molecular weight excluding hydrogens is 323 g/mol. The number of amides is 1. The zero-order chi connectivity index (χ0) is 14.5. The Balaban J connectivity index is 2.14. The van der Waals surface area contributed by atoms with Crippen molar-refractivity contribution >= 4 is 27.5 Å². The Hall–Kier alpha value is -1.88. The third kappa shape index (κ3) is 3.81. The number of para-hydroxylation sites is 1. The van der Waals surface area contributed by atoms with Gasteiger partial charge in [0.05, 0.1) is 6.42 Å². The first-order valence-corrected chi connectivity index (χ1v) is 6.89. The van der Waals surface area contributed by atoms with Crippen LogP contribution in [0.5, 0.6) is 0 Å². The van der Waals surface area contributed by atoms with Crippen LogP contribution >= 0.6 is 15.9 Å². The summed E-state index contributed by atoms with van der Waals surface area (Å²) in [4.78, 5) is 11.0. The Morgan fingerprint density at radius 2 is 1.95 bits per heavy atom. The van der Waals surface area contributed by atoms with E-state index in [2.05, 4.69) is 21.2 Å². The molecule has 2 aromatic rings. The number of anilines is 1. The number of benzene rings is 2. The van der Waals surface area contributed by atoms with Gasteiger partial charge in [-0.25, -0.2) is 4.39 Å². The van der Waals surface area contributed by atoms with E-state index in [9.17, 15) is 9.18 Å². The molecule has 0 atom stereocenters. The van der Waals surface area contributed by atoms with Gasteiger partial charge in [-0.1, -0.05) is 34.1 Å². The van der Waals surface area contributed by atoms with E-state index in [1.165, 1.54) is 12.1 Å². The van der Waals surface area contributed by atoms with Crippen LogP contribution in [0.3, 0.4) is 0 Å². The minimum atomic E-state index is -0.383. The van der Waals surface area contributed by atoms with E-state index in [-0.39, 0.29) is 18.1 Å². The molecule has 3 N–H and O–H groups in total. The number of hydrogen-bond donors (Lipinski definition) is 2. The Morgan fingerprint density at radius 1 is 1.20 bits per heavy atom. The average Bonchev–Trinajstić information content (AvgIpc) is 2.41. The predicted molar refractivity (Wildman–Crippen MR) is 80.8 cm³/mol. The minimum absolute atomic E-state index is 0.174. The number of halogens is 2. The molecule has 0 unspecified atom stereocenters. The predicted octanol–water partition coefficient (Wildman–Crippen LogP) is 3.23. The molecule has 2 aromatic carbocycles. The summed E-state index contributed by atoms with van der Waals surface area (Å²) < 4.78 is 14.0. The molecule has 0 saturated carbocycles. The van der Waals surface area contributed by atoms with E-state index >= 15 is 0 Å². The van der Waals surface area contributed by atoms with Gasteiger partial charge < -0.3 is 11.1 Å². The summed E-state index contributed by atoms with van der Waals surface area (Å²) in [5.74, 6) is -0.665. The molecule has 3 nitrogen and oxygen atoms in total. The van der Waals surface area contributed by atoms with Gasteiger partial charge in [-0.05, 0) is 35.4 Å². The molecule has 0 aromatic heterocycles. The largest absolute Gasteiger partial charge is 0.381 e. The van der Waals surface area contributed by atoms with Crippen LogP contribution in [0.2, 0.25) is 0 Å². The SMILES string of the molecule is NC(=O)Cc1ccccc1NCc1cc(F)ccc1Br. The van der Waals surface area contributed by atoms with E-state index in [0.29, 0.717) is 6.54 Å². The van der Waals surface area contributed by atoms with Gasteiger partial charge in [-0.3, -0.25) is 4.79 Å². The van der Waals surface area contributed by atoms with Crippen molar-refractivity contribution in [3.63, 3.8) is 0 Å². The smallest absolute Gasteiger partial charge is 0.221 e. The maximum Gasteiger partial charge on any atom is 0.221 e. The Morgan fingerprint density at radius 3 is 2.70 bits per heavy atom. The molecule has 0 heterocycles. The molecule has 1 amide bonds. The molecule has 0 aliphatic rings. The highest BCUT2D eigenvalue weighted by molar-refractivity contribution is 9.10. The normalized spacial score (nSPS) is 10.3. The van der Waals surface area contributed by atoms with Crippen molar-refractivity contribution < 1.29 is 9.18 Å². The maximum absolute atomic E-state index is 13.2. The van der Waals surface area contributed by atoms with Crippen LogP contribution in [-0.4, -0.2) is 5.91 Å². The van der Waals surface area contributed by atoms with Gasteiger partial charge in [-0.2, -0.15) is 0 Å². The van der Waals surface area contributed by atoms with Gasteiger partial charge in [0.2, 0.25) is 5.91 Å². The summed E-state index contributed by atoms with van der Waals surface area (Å²) in [5.41, 5.74) is 7.67. The van der Waals surface area contributed by atoms with Crippen LogP contribution in [0.25, 0.3) is 0 Å². The number of rotatable bonds is 5. The minimum Gasteiger partial charge on any atom is -0.381 e. The molecule has 0 spiro atoms. The lowest BCUT2D eigenvalue weighted by Gasteiger charge is -2.12. The highest BCUT2D eigenvalue weighted by atomic mass is 79.9. The van der Waals surface area contributed by atoms with E-state index in [0.717, 1.165) is 21.3 Å². The fraction of sp³-hybridized carbons (Fsp3) is 0.133. The first-order chi connectivity index (χ1) is 9.56. The number of nitrogens with one attached hydrogen (secondary N) is 1. The zero-order valence-corrected chi connectivity index (χ0v) is 12.3. The van der Waals surface area contributed by atoms with E-state index in [1.54, 1.807) is 6.07 Å². The molecule has 0 fully saturated rings. The summed E-state index contributed by atoms with van der Waals surface area (Å²) in [6.45, 7) is 0.452. The number of primary amides is 1. The first kappa shape index (κ1) is 14.5. The highest BCUT2D eigenvalue weighted by Gasteiger charge is 2.06. The van der Waals surface area contributed by atoms with Crippen LogP contribution in [0, 0.1) is 5.82 Å². The van der Waals surface area contributed by atoms with Crippen molar-refractivity contribution in [3.05, 3.63) is 63.9 Å². The molecule has 0 saturated heterocycles. The highest BCUT2D eigenvalue weighted by Crippen LogP contribution is 2.21. The lowest BCUT2D eigenvalue weighted by molar-refractivity contribution is -0.117. The molecule has 0 bridgehead atoms. The number of hydrogen-bond acceptors (Lipinski definition) is 2. The summed E-state index contributed by atoms with van der Waals surface area (Å²) in [6.07, 6.45) is 0.174. The quantitative estimate of drug-likeness (QED) is 0.880. The van der Waals surface area contributed by atoms with Crippen molar-refractivity contribution in [1.29, 1.82) is 0 Å². The third-order valence-electron chi connectivity index (χ3n) is 2.86. The molecule has 104 valence electrons. The van der Waals surface area contributed by atoms with Crippen molar-refractivity contribution in [1.82, 2.24) is 0 Å². The first-order valence-electron chi connectivity index (χ1n) is 6.10. The summed E-state index contributed by atoms with van der Waals surface area (Å²) in [7, 11) is 0. The molecule has 0 aliphatic heterocycles. The third-order valence-corrected chi connectivity index (χ3v) is 3.63. The van der Waals surface area contributed by atoms with E-state index < -0.39 is 0 Å². The van der Waals surface area contributed by atoms with Crippen molar-refractivity contribution in [2.45, 2.75) is 13.0 Å². The van der Waals surface area contributed by atoms with Crippen LogP contribution in [0.1, 0.15) is 11.1 Å². The molecule has 0 aliphatic carbocycles. The standard InChI is InChI=1S/C15H14BrFN2O/c16-13-6-5-12(17)7-11(13)9-19-14-4-2-1-3-10(14)8-15(18)20/h1-7,19H,8-9H2,(H2,18,20). The fourth-order valence-corrected chi connectivity index (χ4v) is 2.29. The zero-order valence-electron chi connectivity index (χ0n) is 10.7. The molecule has 20 heavy (non-hydrogen) atoms. The fourth-order valence-electron chi connectivity index (χ4n) is 1.90. The van der Waals surface area contributed by atoms with Crippen LogP contribution in [0.15, 0.2) is 46.9 Å². The summed E-state index contributed by atoms with van der Waals surface area (Å²) in [6, 6.07) is 12.0. The molecule has 5 heteroatoms. The second-order valence-electron chi connectivity index (χ2n) is 4.39. The number of carbonyl (C=O) groups excluding carboxylic acids is 1. The van der Waals surface area contributed by atoms with Gasteiger partial charge in [-0.15, -0.1) is 0 Å². The Kier molecular flexibility index (Phi) is 4.74. The monoisotopic (exact) mass is 336 g/mol. The van der Waals surface area contributed by atoms with Gasteiger partial charge in [0.1, 0.15) is 5.82 Å². The summed E-state index contributed by atoms with van der Waals surface area (Å²) in [5, 5.41) is 3.20. The molecule has 2 rings (SSSR count). The van der Waals surface area contributed by atoms with Crippen LogP contribution in [-0.2, 0) is 17.8 Å². The van der Waals surface area contributed by atoms with Crippen LogP contribution in [0.4, 0.5) is 10.1 Å². The van der Waals surface area contributed by atoms with E-state index in [1.807, 2.05) is 24.3 Å². The average molecular weight is 337 g/mol. The van der Waals surface area contributed by atoms with Crippen molar-refractivity contribution in [3.8, 4) is 0 Å². The van der Waals surface area contributed by atoms with Crippen LogP contribution < -0.4 is 11.1 Å². The summed E-state index contributed by atoms with van der Waals surface area (Å²) >= 11 is 3.38.